The Labute approximate surface area is 155 Å². The van der Waals surface area contributed by atoms with Crippen LogP contribution >= 0.6 is 0 Å². The van der Waals surface area contributed by atoms with E-state index in [1.807, 2.05) is 49.4 Å². The fourth-order valence-corrected chi connectivity index (χ4v) is 3.10. The van der Waals surface area contributed by atoms with E-state index in [1.165, 1.54) is 4.68 Å². The number of ether oxygens (including phenoxy) is 1. The molecule has 0 spiro atoms. The maximum absolute atomic E-state index is 12.9. The molecule has 136 valence electrons. The standard InChI is InChI=1S/C20H19N5O2/c1-14(15-6-4-3-5-7-15)24-13-23-25(20(24)26)17-8-9-18(19(10-17)27-2)16-11-21-22-12-16/h3-14H,1-2H3,(H,21,22). The highest BCUT2D eigenvalue weighted by Crippen LogP contribution is 2.30. The van der Waals surface area contributed by atoms with Crippen molar-refractivity contribution in [2.24, 2.45) is 0 Å². The molecule has 7 heteroatoms. The number of hydrogen-bond acceptors (Lipinski definition) is 4. The minimum absolute atomic E-state index is 0.112. The molecule has 0 aliphatic heterocycles. The number of rotatable bonds is 5. The summed E-state index contributed by atoms with van der Waals surface area (Å²) in [6.45, 7) is 1.98. The number of methoxy groups -OCH3 is 1. The van der Waals surface area contributed by atoms with Crippen molar-refractivity contribution in [1.82, 2.24) is 24.5 Å². The molecular weight excluding hydrogens is 342 g/mol. The molecule has 2 heterocycles. The topological polar surface area (TPSA) is 77.7 Å². The molecule has 0 aliphatic carbocycles. The van der Waals surface area contributed by atoms with Crippen LogP contribution in [0.15, 0.2) is 72.0 Å². The van der Waals surface area contributed by atoms with Gasteiger partial charge in [-0.2, -0.15) is 14.9 Å². The van der Waals surface area contributed by atoms with Gasteiger partial charge in [0, 0.05) is 23.4 Å². The maximum Gasteiger partial charge on any atom is 0.351 e. The Morgan fingerprint density at radius 1 is 1.15 bits per heavy atom. The summed E-state index contributed by atoms with van der Waals surface area (Å²) in [6.07, 6.45) is 5.08. The van der Waals surface area contributed by atoms with Gasteiger partial charge in [0.2, 0.25) is 0 Å². The summed E-state index contributed by atoms with van der Waals surface area (Å²) in [5, 5.41) is 11.1. The summed E-state index contributed by atoms with van der Waals surface area (Å²) < 4.78 is 8.50. The predicted molar refractivity (Wildman–Crippen MR) is 102 cm³/mol. The van der Waals surface area contributed by atoms with E-state index in [9.17, 15) is 4.79 Å². The van der Waals surface area contributed by atoms with Crippen LogP contribution in [-0.2, 0) is 0 Å². The summed E-state index contributed by atoms with van der Waals surface area (Å²) >= 11 is 0. The Balaban J connectivity index is 1.73. The highest BCUT2D eigenvalue weighted by atomic mass is 16.5. The quantitative estimate of drug-likeness (QED) is 0.593. The fraction of sp³-hybridized carbons (Fsp3) is 0.150. The van der Waals surface area contributed by atoms with Crippen molar-refractivity contribution in [1.29, 1.82) is 0 Å². The van der Waals surface area contributed by atoms with Gasteiger partial charge in [-0.25, -0.2) is 4.79 Å². The Bertz CT molecular complexity index is 1100. The van der Waals surface area contributed by atoms with Crippen LogP contribution in [-0.4, -0.2) is 31.7 Å². The zero-order valence-electron chi connectivity index (χ0n) is 15.0. The molecular formula is C20H19N5O2. The van der Waals surface area contributed by atoms with Gasteiger partial charge < -0.3 is 4.74 Å². The number of nitrogens with one attached hydrogen (secondary N) is 1. The second kappa shape index (κ2) is 6.95. The largest absolute Gasteiger partial charge is 0.496 e. The van der Waals surface area contributed by atoms with Crippen molar-refractivity contribution < 1.29 is 4.74 Å². The van der Waals surface area contributed by atoms with E-state index in [4.69, 9.17) is 4.74 Å². The van der Waals surface area contributed by atoms with Crippen molar-refractivity contribution in [3.05, 3.63) is 83.3 Å². The van der Waals surface area contributed by atoms with Gasteiger partial charge in [-0.1, -0.05) is 30.3 Å². The zero-order valence-corrected chi connectivity index (χ0v) is 15.0. The van der Waals surface area contributed by atoms with Crippen LogP contribution in [0.5, 0.6) is 5.75 Å². The van der Waals surface area contributed by atoms with E-state index >= 15 is 0 Å². The Kier molecular flexibility index (Phi) is 4.33. The van der Waals surface area contributed by atoms with Crippen molar-refractivity contribution in [3.8, 4) is 22.6 Å². The second-order valence-corrected chi connectivity index (χ2v) is 6.19. The Morgan fingerprint density at radius 2 is 1.96 bits per heavy atom. The maximum atomic E-state index is 12.9. The van der Waals surface area contributed by atoms with Gasteiger partial charge in [0.1, 0.15) is 12.1 Å². The van der Waals surface area contributed by atoms with Crippen LogP contribution in [0.1, 0.15) is 18.5 Å². The van der Waals surface area contributed by atoms with Crippen molar-refractivity contribution >= 4 is 0 Å². The lowest BCUT2D eigenvalue weighted by molar-refractivity contribution is 0.416. The van der Waals surface area contributed by atoms with Gasteiger partial charge >= 0.3 is 5.69 Å². The summed E-state index contributed by atoms with van der Waals surface area (Å²) in [7, 11) is 1.60. The highest BCUT2D eigenvalue weighted by molar-refractivity contribution is 5.70. The smallest absolute Gasteiger partial charge is 0.351 e. The highest BCUT2D eigenvalue weighted by Gasteiger charge is 2.16. The number of aromatic nitrogens is 5. The third kappa shape index (κ3) is 3.03. The normalized spacial score (nSPS) is 12.1. The van der Waals surface area contributed by atoms with Crippen molar-refractivity contribution in [2.45, 2.75) is 13.0 Å². The second-order valence-electron chi connectivity index (χ2n) is 6.19. The number of H-pyrrole nitrogens is 1. The van der Waals surface area contributed by atoms with Gasteiger partial charge in [0.05, 0.1) is 25.0 Å². The Hall–Kier alpha value is -3.61. The molecule has 0 saturated heterocycles. The number of hydrogen-bond donors (Lipinski definition) is 1. The van der Waals surface area contributed by atoms with E-state index in [0.29, 0.717) is 11.4 Å². The molecule has 2 aromatic carbocycles. The molecule has 1 atom stereocenters. The van der Waals surface area contributed by atoms with Gasteiger partial charge in [-0.05, 0) is 24.6 Å². The predicted octanol–water partition coefficient (Wildman–Crippen LogP) is 3.04. The summed E-state index contributed by atoms with van der Waals surface area (Å²) in [5.41, 5.74) is 3.29. The molecule has 0 radical (unpaired) electrons. The number of aromatic amines is 1. The van der Waals surface area contributed by atoms with Gasteiger partial charge in [0.25, 0.3) is 0 Å². The number of benzene rings is 2. The SMILES string of the molecule is COc1cc(-n2ncn(C(C)c3ccccc3)c2=O)ccc1-c1cn[nH]c1. The molecule has 0 fully saturated rings. The van der Waals surface area contributed by atoms with Gasteiger partial charge in [-0.15, -0.1) is 0 Å². The van der Waals surface area contributed by atoms with Crippen LogP contribution in [0.4, 0.5) is 0 Å². The van der Waals surface area contributed by atoms with Crippen molar-refractivity contribution in [3.63, 3.8) is 0 Å². The third-order valence-corrected chi connectivity index (χ3v) is 4.63. The molecule has 1 N–H and O–H groups in total. The molecule has 0 bridgehead atoms. The van der Waals surface area contributed by atoms with E-state index < -0.39 is 0 Å². The first-order chi connectivity index (χ1) is 13.2. The molecule has 27 heavy (non-hydrogen) atoms. The molecule has 4 rings (SSSR count). The average molecular weight is 361 g/mol. The summed E-state index contributed by atoms with van der Waals surface area (Å²) in [5.74, 6) is 0.645. The average Bonchev–Trinajstić information content (AvgIpc) is 3.37. The van der Waals surface area contributed by atoms with E-state index in [2.05, 4.69) is 15.3 Å². The fourth-order valence-electron chi connectivity index (χ4n) is 3.10. The molecule has 0 saturated carbocycles. The minimum Gasteiger partial charge on any atom is -0.496 e. The third-order valence-electron chi connectivity index (χ3n) is 4.63. The first-order valence-electron chi connectivity index (χ1n) is 8.57. The van der Waals surface area contributed by atoms with Crippen LogP contribution < -0.4 is 10.4 Å². The molecule has 0 amide bonds. The molecule has 0 aliphatic rings. The Morgan fingerprint density at radius 3 is 2.67 bits per heavy atom. The lowest BCUT2D eigenvalue weighted by Gasteiger charge is -2.12. The molecule has 1 unspecified atom stereocenters. The zero-order chi connectivity index (χ0) is 18.8. The summed E-state index contributed by atoms with van der Waals surface area (Å²) in [6, 6.07) is 15.3. The van der Waals surface area contributed by atoms with Crippen molar-refractivity contribution in [2.75, 3.05) is 7.11 Å². The van der Waals surface area contributed by atoms with Crippen LogP contribution in [0.3, 0.4) is 0 Å². The lowest BCUT2D eigenvalue weighted by Crippen LogP contribution is -2.26. The van der Waals surface area contributed by atoms with E-state index in [0.717, 1.165) is 16.7 Å². The molecule has 7 nitrogen and oxygen atoms in total. The van der Waals surface area contributed by atoms with E-state index in [1.54, 1.807) is 36.5 Å². The summed E-state index contributed by atoms with van der Waals surface area (Å²) in [4.78, 5) is 12.9. The van der Waals surface area contributed by atoms with Gasteiger partial charge in [0.15, 0.2) is 0 Å². The van der Waals surface area contributed by atoms with Gasteiger partial charge in [-0.3, -0.25) is 9.67 Å². The number of nitrogens with zero attached hydrogens (tertiary/aromatic N) is 4. The van der Waals surface area contributed by atoms with Crippen LogP contribution in [0, 0.1) is 0 Å². The minimum atomic E-state index is -0.204. The molecule has 2 aromatic heterocycles. The lowest BCUT2D eigenvalue weighted by atomic mass is 10.1. The van der Waals surface area contributed by atoms with Crippen LogP contribution in [0.2, 0.25) is 0 Å². The monoisotopic (exact) mass is 361 g/mol. The first kappa shape index (κ1) is 16.8. The first-order valence-corrected chi connectivity index (χ1v) is 8.57. The van der Waals surface area contributed by atoms with Crippen LogP contribution in [0.25, 0.3) is 16.8 Å². The van der Waals surface area contributed by atoms with E-state index in [-0.39, 0.29) is 11.7 Å². The molecule has 4 aromatic rings.